The van der Waals surface area contributed by atoms with Crippen molar-refractivity contribution in [1.29, 1.82) is 0 Å². The van der Waals surface area contributed by atoms with Crippen molar-refractivity contribution in [3.8, 4) is 39.5 Å². The molecule has 7 heterocycles. The summed E-state index contributed by atoms with van der Waals surface area (Å²) >= 11 is 1.73. The van der Waals surface area contributed by atoms with Gasteiger partial charge in [-0.05, 0) is 105 Å². The highest BCUT2D eigenvalue weighted by Crippen LogP contribution is 2.50. The zero-order valence-corrected chi connectivity index (χ0v) is 40.7. The molecule has 1 aliphatic carbocycles. The number of ether oxygens (including phenoxy) is 3. The Morgan fingerprint density at radius 3 is 2.17 bits per heavy atom. The van der Waals surface area contributed by atoms with Gasteiger partial charge in [-0.2, -0.15) is 0 Å². The fraction of sp³-hybridized carbons (Fsp3) is 0.451. The number of hydrogen-bond acceptors (Lipinski definition) is 10. The number of nitrogens with zero attached hydrogens (tertiary/aromatic N) is 5. The molecule has 362 valence electrons. The van der Waals surface area contributed by atoms with E-state index in [4.69, 9.17) is 24.2 Å². The van der Waals surface area contributed by atoms with Crippen molar-refractivity contribution in [1.82, 2.24) is 44.9 Å². The molecule has 6 aromatic rings. The van der Waals surface area contributed by atoms with E-state index < -0.39 is 35.8 Å². The van der Waals surface area contributed by atoms with E-state index in [0.717, 1.165) is 47.0 Å². The van der Waals surface area contributed by atoms with Crippen molar-refractivity contribution < 1.29 is 37.8 Å². The summed E-state index contributed by atoms with van der Waals surface area (Å²) in [5, 5.41) is 8.51. The highest BCUT2D eigenvalue weighted by Gasteiger charge is 2.46. The quantitative estimate of drug-likeness (QED) is 0.0926. The molecule has 0 radical (unpaired) electrons. The third kappa shape index (κ3) is 8.29. The summed E-state index contributed by atoms with van der Waals surface area (Å²) in [4.78, 5) is 73.7. The lowest BCUT2D eigenvalue weighted by atomic mass is 9.86. The van der Waals surface area contributed by atoms with Gasteiger partial charge in [0.1, 0.15) is 34.8 Å². The number of nitrogens with one attached hydrogen (secondary N) is 4. The lowest BCUT2D eigenvalue weighted by Gasteiger charge is -2.37. The van der Waals surface area contributed by atoms with Crippen LogP contribution in [0.2, 0.25) is 0 Å². The van der Waals surface area contributed by atoms with Crippen LogP contribution in [-0.2, 0) is 19.1 Å². The van der Waals surface area contributed by atoms with E-state index in [0.29, 0.717) is 65.3 Å². The lowest BCUT2D eigenvalue weighted by molar-refractivity contribution is -0.140. The number of carbonyl (C=O) groups excluding carboxylic acids is 4. The number of fused-ring (bicyclic) bond motifs is 5. The molecular weight excluding hydrogens is 902 g/mol. The molecular formula is C51H58FN9O7S. The van der Waals surface area contributed by atoms with Crippen LogP contribution in [0.15, 0.2) is 60.2 Å². The molecule has 0 spiro atoms. The first-order chi connectivity index (χ1) is 33.2. The van der Waals surface area contributed by atoms with Gasteiger partial charge in [0, 0.05) is 40.0 Å². The molecule has 1 unspecified atom stereocenters. The Hall–Kier alpha value is -6.69. The van der Waals surface area contributed by atoms with Crippen molar-refractivity contribution in [2.75, 3.05) is 27.3 Å². The van der Waals surface area contributed by atoms with Gasteiger partial charge in [-0.3, -0.25) is 9.59 Å². The fourth-order valence-electron chi connectivity index (χ4n) is 10.2. The Balaban J connectivity index is 0.966. The molecule has 4 N–H and O–H groups in total. The molecule has 16 nitrogen and oxygen atoms in total. The highest BCUT2D eigenvalue weighted by molar-refractivity contribution is 7.10. The summed E-state index contributed by atoms with van der Waals surface area (Å²) in [5.74, 6) is 0.951. The minimum Gasteiger partial charge on any atom is -0.465 e. The fourth-order valence-corrected chi connectivity index (χ4v) is 11.3. The van der Waals surface area contributed by atoms with Crippen molar-refractivity contribution in [2.24, 2.45) is 11.8 Å². The zero-order valence-electron chi connectivity index (χ0n) is 39.9. The van der Waals surface area contributed by atoms with Gasteiger partial charge >= 0.3 is 12.2 Å². The molecule has 2 aromatic carbocycles. The number of hydrogen-bond donors (Lipinski definition) is 4. The predicted octanol–water partition coefficient (Wildman–Crippen LogP) is 9.58. The molecule has 10 rings (SSSR count). The Morgan fingerprint density at radius 2 is 1.52 bits per heavy atom. The number of H-pyrrole nitrogens is 2. The number of likely N-dealkylation sites (tertiary alicyclic amines) is 2. The van der Waals surface area contributed by atoms with Crippen molar-refractivity contribution >= 4 is 46.2 Å². The largest absolute Gasteiger partial charge is 0.465 e. The Kier molecular flexibility index (Phi) is 12.0. The first-order valence-electron chi connectivity index (χ1n) is 23.8. The Bertz CT molecular complexity index is 2970. The van der Waals surface area contributed by atoms with Crippen LogP contribution in [-0.4, -0.2) is 97.2 Å². The number of carbonyl (C=O) groups is 4. The van der Waals surface area contributed by atoms with E-state index in [-0.39, 0.29) is 35.7 Å². The first kappa shape index (κ1) is 46.1. The maximum atomic E-state index is 17.0. The molecule has 5 atom stereocenters. The molecule has 4 aliphatic rings. The molecule has 4 aromatic heterocycles. The summed E-state index contributed by atoms with van der Waals surface area (Å²) < 4.78 is 35.6. The normalized spacial score (nSPS) is 20.1. The van der Waals surface area contributed by atoms with Crippen LogP contribution in [0.25, 0.3) is 44.7 Å². The number of alkyl carbamates (subject to hydrolysis) is 2. The monoisotopic (exact) mass is 959 g/mol. The number of rotatable bonds is 12. The van der Waals surface area contributed by atoms with Crippen LogP contribution in [0.4, 0.5) is 14.0 Å². The van der Waals surface area contributed by atoms with Gasteiger partial charge in [-0.15, -0.1) is 11.3 Å². The Labute approximate surface area is 403 Å². The standard InChI is InChI=1S/C51H58FN9O7S/c1-26(2)43(57-49(64)66-6)46(62)59-16-8-10-37(59)44-53-23-34(55-44)29-14-15-36-31(18-29)20-39-42-33(52)19-30(21-40(42)68-47(61(36)39)32-22-41(69-25-32)28-12-13-28)35-24-54-45(56-35)38-11-9-17-60(38)48(63)51(5,27(3)4)58-50(65)67-7/h14-15,18-28,37-38,43,47H,8-13,16-17H2,1-7H3,(H,53,55)(H,54,56)(H,57,64)(H,58,65)/t37-,38-,43-,47?,51+/m0/s1. The van der Waals surface area contributed by atoms with Gasteiger partial charge in [0.15, 0.2) is 0 Å². The molecule has 0 bridgehead atoms. The van der Waals surface area contributed by atoms with Crippen LogP contribution >= 0.6 is 11.3 Å². The van der Waals surface area contributed by atoms with Gasteiger partial charge < -0.3 is 49.2 Å². The highest BCUT2D eigenvalue weighted by atomic mass is 32.1. The SMILES string of the molecule is COC(=O)N[C@H](C(=O)N1CCC[C@H]1c1ncc(-c2ccc3c(c2)cc2n3C(c3csc(C4CC4)c3)Oc3cc(-c4cnc([C@@H]5CCCN5C(=O)[C@](C)(NC(=O)OC)C(C)C)[nH]4)cc(F)c3-2)[nH]1)C(C)C. The topological polar surface area (TPSA) is 189 Å². The molecule has 18 heteroatoms. The van der Waals surface area contributed by atoms with E-state index in [1.165, 1.54) is 38.0 Å². The minimum atomic E-state index is -1.21. The van der Waals surface area contributed by atoms with Crippen LogP contribution in [0, 0.1) is 17.7 Å². The lowest BCUT2D eigenvalue weighted by Crippen LogP contribution is -2.60. The van der Waals surface area contributed by atoms with E-state index >= 15 is 4.39 Å². The molecule has 4 amide bonds. The van der Waals surface area contributed by atoms with Crippen molar-refractivity contribution in [2.45, 2.75) is 109 Å². The number of thiophene rings is 1. The van der Waals surface area contributed by atoms with Crippen molar-refractivity contribution in [3.05, 3.63) is 88.1 Å². The molecule has 2 saturated heterocycles. The summed E-state index contributed by atoms with van der Waals surface area (Å²) in [6, 6.07) is 12.3. The number of halogens is 1. The number of amides is 4. The molecule has 3 fully saturated rings. The summed E-state index contributed by atoms with van der Waals surface area (Å²) in [6.45, 7) is 10.3. The molecule has 69 heavy (non-hydrogen) atoms. The third-order valence-corrected chi connectivity index (χ3v) is 15.7. The molecule has 3 aliphatic heterocycles. The maximum absolute atomic E-state index is 17.0. The van der Waals surface area contributed by atoms with Crippen LogP contribution in [0.1, 0.15) is 119 Å². The Morgan fingerprint density at radius 1 is 0.855 bits per heavy atom. The summed E-state index contributed by atoms with van der Waals surface area (Å²) in [7, 11) is 2.55. The van der Waals surface area contributed by atoms with E-state index in [2.05, 4.69) is 42.7 Å². The summed E-state index contributed by atoms with van der Waals surface area (Å²) in [6.07, 6.45) is 6.82. The third-order valence-electron chi connectivity index (χ3n) is 14.6. The number of aromatic amines is 2. The van der Waals surface area contributed by atoms with Gasteiger partial charge in [0.05, 0.1) is 66.9 Å². The first-order valence-corrected chi connectivity index (χ1v) is 24.7. The smallest absolute Gasteiger partial charge is 0.407 e. The number of benzene rings is 2. The summed E-state index contributed by atoms with van der Waals surface area (Å²) in [5.41, 5.74) is 4.46. The van der Waals surface area contributed by atoms with Gasteiger partial charge in [-0.25, -0.2) is 23.9 Å². The van der Waals surface area contributed by atoms with E-state index in [9.17, 15) is 19.2 Å². The zero-order chi connectivity index (χ0) is 48.5. The number of imidazole rings is 2. The van der Waals surface area contributed by atoms with E-state index in [1.807, 2.05) is 52.0 Å². The van der Waals surface area contributed by atoms with Gasteiger partial charge in [0.2, 0.25) is 18.0 Å². The van der Waals surface area contributed by atoms with Crippen LogP contribution in [0.5, 0.6) is 5.75 Å². The molecule has 1 saturated carbocycles. The minimum absolute atomic E-state index is 0.150. The van der Waals surface area contributed by atoms with Crippen LogP contribution < -0.4 is 15.4 Å². The average Bonchev–Trinajstić information content (AvgIpc) is 4.06. The predicted molar refractivity (Wildman–Crippen MR) is 258 cm³/mol. The van der Waals surface area contributed by atoms with E-state index in [1.54, 1.807) is 40.5 Å². The van der Waals surface area contributed by atoms with Gasteiger partial charge in [-0.1, -0.05) is 33.8 Å². The maximum Gasteiger partial charge on any atom is 0.407 e. The second kappa shape index (κ2) is 18.0. The number of aromatic nitrogens is 5. The number of methoxy groups -OCH3 is 2. The second-order valence-electron chi connectivity index (χ2n) is 19.6. The van der Waals surface area contributed by atoms with Gasteiger partial charge in [0.25, 0.3) is 0 Å². The van der Waals surface area contributed by atoms with Crippen LogP contribution in [0.3, 0.4) is 0 Å². The average molecular weight is 960 g/mol. The second-order valence-corrected chi connectivity index (χ2v) is 20.5. The van der Waals surface area contributed by atoms with Crippen molar-refractivity contribution in [3.63, 3.8) is 0 Å².